The topological polar surface area (TPSA) is 23.5 Å². The van der Waals surface area contributed by atoms with Crippen molar-refractivity contribution >= 4 is 11.6 Å². The number of piperidine rings is 1. The van der Waals surface area contributed by atoms with Crippen molar-refractivity contribution in [2.45, 2.75) is 26.3 Å². The molecular formula is C14H20ClNO. The van der Waals surface area contributed by atoms with Crippen LogP contribution in [0, 0.1) is 5.41 Å². The molecule has 2 nitrogen and oxygen atoms in total. The van der Waals surface area contributed by atoms with E-state index in [4.69, 9.17) is 11.6 Å². The third-order valence-electron chi connectivity index (χ3n) is 3.56. The monoisotopic (exact) mass is 253 g/mol. The van der Waals surface area contributed by atoms with Gasteiger partial charge in [0.1, 0.15) is 0 Å². The van der Waals surface area contributed by atoms with Crippen molar-refractivity contribution in [2.75, 3.05) is 19.7 Å². The first-order chi connectivity index (χ1) is 8.11. The van der Waals surface area contributed by atoms with Gasteiger partial charge in [0.05, 0.1) is 0 Å². The third-order valence-corrected chi connectivity index (χ3v) is 3.81. The van der Waals surface area contributed by atoms with E-state index in [1.165, 1.54) is 12.0 Å². The summed E-state index contributed by atoms with van der Waals surface area (Å²) in [5.74, 6) is 0. The SMILES string of the molecule is CC1(CO)CCCN(Cc2ccc(Cl)cc2)C1. The zero-order chi connectivity index (χ0) is 12.3. The van der Waals surface area contributed by atoms with Crippen LogP contribution in [0.15, 0.2) is 24.3 Å². The molecule has 0 radical (unpaired) electrons. The number of aliphatic hydroxyl groups is 1. The van der Waals surface area contributed by atoms with Gasteiger partial charge in [-0.3, -0.25) is 4.90 Å². The molecule has 0 spiro atoms. The molecule has 1 saturated heterocycles. The van der Waals surface area contributed by atoms with Gasteiger partial charge in [-0.1, -0.05) is 30.7 Å². The van der Waals surface area contributed by atoms with E-state index in [2.05, 4.69) is 24.0 Å². The second-order valence-corrected chi connectivity index (χ2v) is 5.85. The quantitative estimate of drug-likeness (QED) is 0.895. The number of likely N-dealkylation sites (tertiary alicyclic amines) is 1. The normalized spacial score (nSPS) is 26.1. The lowest BCUT2D eigenvalue weighted by molar-refractivity contribution is 0.0429. The smallest absolute Gasteiger partial charge is 0.0497 e. The lowest BCUT2D eigenvalue weighted by Gasteiger charge is -2.39. The maximum atomic E-state index is 9.43. The largest absolute Gasteiger partial charge is 0.396 e. The predicted molar refractivity (Wildman–Crippen MR) is 71.2 cm³/mol. The molecule has 1 fully saturated rings. The summed E-state index contributed by atoms with van der Waals surface area (Å²) in [5.41, 5.74) is 1.36. The van der Waals surface area contributed by atoms with Gasteiger partial charge in [-0.15, -0.1) is 0 Å². The van der Waals surface area contributed by atoms with Crippen LogP contribution in [-0.4, -0.2) is 29.7 Å². The highest BCUT2D eigenvalue weighted by atomic mass is 35.5. The molecule has 0 bridgehead atoms. The van der Waals surface area contributed by atoms with Crippen molar-refractivity contribution in [3.8, 4) is 0 Å². The Morgan fingerprint density at radius 1 is 1.35 bits per heavy atom. The Labute approximate surface area is 108 Å². The van der Waals surface area contributed by atoms with Crippen molar-refractivity contribution < 1.29 is 5.11 Å². The summed E-state index contributed by atoms with van der Waals surface area (Å²) in [6.45, 7) is 5.50. The molecule has 2 rings (SSSR count). The third kappa shape index (κ3) is 3.44. The Kier molecular flexibility index (Phi) is 4.08. The number of halogens is 1. The van der Waals surface area contributed by atoms with Crippen molar-refractivity contribution in [1.82, 2.24) is 4.90 Å². The lowest BCUT2D eigenvalue weighted by Crippen LogP contribution is -2.43. The van der Waals surface area contributed by atoms with Crippen LogP contribution in [0.25, 0.3) is 0 Å². The van der Waals surface area contributed by atoms with Crippen LogP contribution in [0.3, 0.4) is 0 Å². The molecule has 1 aromatic carbocycles. The van der Waals surface area contributed by atoms with Gasteiger partial charge in [-0.25, -0.2) is 0 Å². The van der Waals surface area contributed by atoms with Gasteiger partial charge < -0.3 is 5.11 Å². The molecule has 1 aliphatic rings. The molecule has 1 heterocycles. The molecule has 0 saturated carbocycles. The van der Waals surface area contributed by atoms with Crippen LogP contribution < -0.4 is 0 Å². The zero-order valence-electron chi connectivity index (χ0n) is 10.3. The second-order valence-electron chi connectivity index (χ2n) is 5.41. The highest BCUT2D eigenvalue weighted by Crippen LogP contribution is 2.29. The summed E-state index contributed by atoms with van der Waals surface area (Å²) in [6.07, 6.45) is 2.30. The van der Waals surface area contributed by atoms with Crippen LogP contribution in [-0.2, 0) is 6.54 Å². The van der Waals surface area contributed by atoms with Crippen molar-refractivity contribution in [2.24, 2.45) is 5.41 Å². The molecule has 1 atom stereocenters. The minimum atomic E-state index is 0.0741. The Morgan fingerprint density at radius 2 is 2.06 bits per heavy atom. The van der Waals surface area contributed by atoms with Gasteiger partial charge in [0.15, 0.2) is 0 Å². The number of hydrogen-bond donors (Lipinski definition) is 1. The number of benzene rings is 1. The Bertz CT molecular complexity index is 365. The summed E-state index contributed by atoms with van der Waals surface area (Å²) >= 11 is 5.88. The van der Waals surface area contributed by atoms with E-state index in [-0.39, 0.29) is 12.0 Å². The molecule has 1 N–H and O–H groups in total. The van der Waals surface area contributed by atoms with Gasteiger partial charge >= 0.3 is 0 Å². The van der Waals surface area contributed by atoms with E-state index in [0.29, 0.717) is 0 Å². The molecule has 1 aromatic rings. The zero-order valence-corrected chi connectivity index (χ0v) is 11.1. The molecule has 1 aliphatic heterocycles. The average molecular weight is 254 g/mol. The molecule has 0 aromatic heterocycles. The minimum Gasteiger partial charge on any atom is -0.396 e. The van der Waals surface area contributed by atoms with Gasteiger partial charge in [-0.2, -0.15) is 0 Å². The summed E-state index contributed by atoms with van der Waals surface area (Å²) in [7, 11) is 0. The van der Waals surface area contributed by atoms with Crippen molar-refractivity contribution in [3.63, 3.8) is 0 Å². The molecule has 94 valence electrons. The summed E-state index contributed by atoms with van der Waals surface area (Å²) < 4.78 is 0. The van der Waals surface area contributed by atoms with E-state index >= 15 is 0 Å². The van der Waals surface area contributed by atoms with Crippen LogP contribution in [0.1, 0.15) is 25.3 Å². The molecular weight excluding hydrogens is 234 g/mol. The predicted octanol–water partition coefficient (Wildman–Crippen LogP) is 2.93. The van der Waals surface area contributed by atoms with Crippen LogP contribution in [0.2, 0.25) is 5.02 Å². The van der Waals surface area contributed by atoms with E-state index in [0.717, 1.165) is 31.1 Å². The average Bonchev–Trinajstić information content (AvgIpc) is 2.32. The number of hydrogen-bond acceptors (Lipinski definition) is 2. The summed E-state index contributed by atoms with van der Waals surface area (Å²) in [6, 6.07) is 8.03. The fraction of sp³-hybridized carbons (Fsp3) is 0.571. The number of rotatable bonds is 3. The molecule has 0 amide bonds. The van der Waals surface area contributed by atoms with Crippen molar-refractivity contribution in [3.05, 3.63) is 34.9 Å². The first-order valence-corrected chi connectivity index (χ1v) is 6.57. The number of aliphatic hydroxyl groups excluding tert-OH is 1. The Balaban J connectivity index is 1.97. The fourth-order valence-electron chi connectivity index (χ4n) is 2.54. The van der Waals surface area contributed by atoms with Crippen molar-refractivity contribution in [1.29, 1.82) is 0 Å². The van der Waals surface area contributed by atoms with E-state index in [1.54, 1.807) is 0 Å². The Morgan fingerprint density at radius 3 is 2.71 bits per heavy atom. The molecule has 3 heteroatoms. The second kappa shape index (κ2) is 5.38. The first kappa shape index (κ1) is 12.9. The van der Waals surface area contributed by atoms with Crippen LogP contribution >= 0.6 is 11.6 Å². The molecule has 1 unspecified atom stereocenters. The minimum absolute atomic E-state index is 0.0741. The highest BCUT2D eigenvalue weighted by molar-refractivity contribution is 6.30. The maximum absolute atomic E-state index is 9.43. The number of nitrogens with zero attached hydrogens (tertiary/aromatic N) is 1. The van der Waals surface area contributed by atoms with Crippen LogP contribution in [0.5, 0.6) is 0 Å². The van der Waals surface area contributed by atoms with E-state index < -0.39 is 0 Å². The van der Waals surface area contributed by atoms with E-state index in [1.807, 2.05) is 12.1 Å². The van der Waals surface area contributed by atoms with Crippen LogP contribution in [0.4, 0.5) is 0 Å². The van der Waals surface area contributed by atoms with Gasteiger partial charge in [0, 0.05) is 30.1 Å². The fourth-order valence-corrected chi connectivity index (χ4v) is 2.67. The Hall–Kier alpha value is -0.570. The summed E-state index contributed by atoms with van der Waals surface area (Å²) in [5, 5.41) is 10.2. The molecule has 17 heavy (non-hydrogen) atoms. The summed E-state index contributed by atoms with van der Waals surface area (Å²) in [4.78, 5) is 2.42. The van der Waals surface area contributed by atoms with Gasteiger partial charge in [0.25, 0.3) is 0 Å². The molecule has 0 aliphatic carbocycles. The van der Waals surface area contributed by atoms with Gasteiger partial charge in [0.2, 0.25) is 0 Å². The maximum Gasteiger partial charge on any atom is 0.0497 e. The first-order valence-electron chi connectivity index (χ1n) is 6.19. The lowest BCUT2D eigenvalue weighted by atomic mass is 9.82. The van der Waals surface area contributed by atoms with E-state index in [9.17, 15) is 5.11 Å². The highest BCUT2D eigenvalue weighted by Gasteiger charge is 2.30. The van der Waals surface area contributed by atoms with Gasteiger partial charge in [-0.05, 0) is 37.1 Å². The standard InChI is InChI=1S/C14H20ClNO/c1-14(11-17)7-2-8-16(10-14)9-12-3-5-13(15)6-4-12/h3-6,17H,2,7-11H2,1H3.